The third kappa shape index (κ3) is 2.66. The Bertz CT molecular complexity index is 321. The van der Waals surface area contributed by atoms with Gasteiger partial charge < -0.3 is 15.2 Å². The van der Waals surface area contributed by atoms with E-state index < -0.39 is 0 Å². The second-order valence-electron chi connectivity index (χ2n) is 2.83. The number of hydrogen-bond acceptors (Lipinski definition) is 4. The molecule has 1 aromatic rings. The minimum absolute atomic E-state index is 0.0191. The zero-order valence-corrected chi connectivity index (χ0v) is 7.60. The quantitative estimate of drug-likeness (QED) is 0.527. The van der Waals surface area contributed by atoms with Crippen LogP contribution in [0.25, 0.3) is 0 Å². The molecule has 0 aliphatic heterocycles. The molecule has 0 amide bonds. The molecule has 13 heavy (non-hydrogen) atoms. The van der Waals surface area contributed by atoms with Crippen LogP contribution in [0.2, 0.25) is 0 Å². The Morgan fingerprint density at radius 2 is 2.00 bits per heavy atom. The van der Waals surface area contributed by atoms with E-state index in [9.17, 15) is 5.11 Å². The number of phenolic OH excluding ortho intramolecular Hbond substituents is 2. The smallest absolute Gasteiger partial charge is 0.128 e. The first-order chi connectivity index (χ1) is 6.09. The van der Waals surface area contributed by atoms with E-state index >= 15 is 0 Å². The summed E-state index contributed by atoms with van der Waals surface area (Å²) in [4.78, 5) is 0. The maximum absolute atomic E-state index is 9.33. The van der Waals surface area contributed by atoms with E-state index in [4.69, 9.17) is 5.11 Å². The molecule has 0 saturated carbocycles. The van der Waals surface area contributed by atoms with E-state index in [0.717, 1.165) is 0 Å². The van der Waals surface area contributed by atoms with E-state index in [1.54, 1.807) is 25.2 Å². The number of hydrogen-bond donors (Lipinski definition) is 2. The summed E-state index contributed by atoms with van der Waals surface area (Å²) in [6.45, 7) is 0. The lowest BCUT2D eigenvalue weighted by Gasteiger charge is -2.03. The second kappa shape index (κ2) is 3.80. The molecule has 1 rings (SSSR count). The predicted molar refractivity (Wildman–Crippen MR) is 51.1 cm³/mol. The fourth-order valence-electron chi connectivity index (χ4n) is 0.819. The predicted octanol–water partition coefficient (Wildman–Crippen LogP) is 0.993. The van der Waals surface area contributed by atoms with Crippen LogP contribution in [0.3, 0.4) is 0 Å². The van der Waals surface area contributed by atoms with Gasteiger partial charge in [-0.15, -0.1) is 0 Å². The molecule has 70 valence electrons. The topological polar surface area (TPSA) is 56.1 Å². The Hall–Kier alpha value is -1.71. The number of nitrogens with zero attached hydrogens (tertiary/aromatic N) is 2. The van der Waals surface area contributed by atoms with E-state index in [0.29, 0.717) is 5.56 Å². The van der Waals surface area contributed by atoms with Gasteiger partial charge in [-0.2, -0.15) is 5.10 Å². The van der Waals surface area contributed by atoms with Gasteiger partial charge in [-0.25, -0.2) is 0 Å². The molecule has 0 saturated heterocycles. The average molecular weight is 180 g/mol. The van der Waals surface area contributed by atoms with Crippen molar-refractivity contribution in [3.63, 3.8) is 0 Å². The van der Waals surface area contributed by atoms with Crippen molar-refractivity contribution in [2.45, 2.75) is 0 Å². The zero-order valence-electron chi connectivity index (χ0n) is 7.60. The number of phenols is 2. The highest BCUT2D eigenvalue weighted by atomic mass is 16.3. The van der Waals surface area contributed by atoms with Crippen LogP contribution in [0.4, 0.5) is 0 Å². The molecule has 0 bridgehead atoms. The van der Waals surface area contributed by atoms with Gasteiger partial charge in [0, 0.05) is 25.7 Å². The highest BCUT2D eigenvalue weighted by Gasteiger charge is 1.98. The van der Waals surface area contributed by atoms with Gasteiger partial charge in [-0.1, -0.05) is 0 Å². The van der Waals surface area contributed by atoms with Crippen LogP contribution in [0.1, 0.15) is 5.56 Å². The Morgan fingerprint density at radius 3 is 2.54 bits per heavy atom. The monoisotopic (exact) mass is 180 g/mol. The molecular formula is C9H12N2O2. The fourth-order valence-corrected chi connectivity index (χ4v) is 0.819. The van der Waals surface area contributed by atoms with E-state index in [1.165, 1.54) is 18.3 Å². The van der Waals surface area contributed by atoms with Gasteiger partial charge in [0.1, 0.15) is 11.5 Å². The second-order valence-corrected chi connectivity index (χ2v) is 2.83. The van der Waals surface area contributed by atoms with Crippen LogP contribution in [-0.2, 0) is 0 Å². The van der Waals surface area contributed by atoms with Crippen LogP contribution in [-0.4, -0.2) is 35.5 Å². The number of hydrazone groups is 1. The molecule has 0 unspecified atom stereocenters. The molecule has 0 heterocycles. The van der Waals surface area contributed by atoms with Crippen LogP contribution < -0.4 is 0 Å². The highest BCUT2D eigenvalue weighted by molar-refractivity contribution is 5.83. The zero-order chi connectivity index (χ0) is 9.84. The molecule has 0 fully saturated rings. The number of rotatable bonds is 2. The van der Waals surface area contributed by atoms with Gasteiger partial charge in [-0.05, 0) is 12.1 Å². The Morgan fingerprint density at radius 1 is 1.31 bits per heavy atom. The summed E-state index contributed by atoms with van der Waals surface area (Å²) in [7, 11) is 3.57. The van der Waals surface area contributed by atoms with Gasteiger partial charge in [0.2, 0.25) is 0 Å². The molecule has 0 spiro atoms. The minimum atomic E-state index is 0.0191. The summed E-state index contributed by atoms with van der Waals surface area (Å²) in [5, 5.41) is 23.9. The third-order valence-electron chi connectivity index (χ3n) is 1.44. The lowest BCUT2D eigenvalue weighted by molar-refractivity contribution is 0.438. The summed E-state index contributed by atoms with van der Waals surface area (Å²) < 4.78 is 0. The van der Waals surface area contributed by atoms with E-state index in [1.807, 2.05) is 0 Å². The molecule has 0 atom stereocenters. The summed E-state index contributed by atoms with van der Waals surface area (Å²) in [5.74, 6) is 0.0603. The van der Waals surface area contributed by atoms with Gasteiger partial charge in [-0.3, -0.25) is 0 Å². The van der Waals surface area contributed by atoms with Crippen LogP contribution in [0.15, 0.2) is 23.3 Å². The van der Waals surface area contributed by atoms with Crippen molar-refractivity contribution in [3.05, 3.63) is 23.8 Å². The van der Waals surface area contributed by atoms with Crippen molar-refractivity contribution >= 4 is 6.21 Å². The summed E-state index contributed by atoms with van der Waals surface area (Å²) in [6, 6.07) is 4.37. The minimum Gasteiger partial charge on any atom is -0.508 e. The molecule has 1 aromatic carbocycles. The van der Waals surface area contributed by atoms with Crippen molar-refractivity contribution in [3.8, 4) is 11.5 Å². The molecule has 0 aliphatic rings. The summed E-state index contributed by atoms with van der Waals surface area (Å²) >= 11 is 0. The lowest BCUT2D eigenvalue weighted by atomic mass is 10.2. The lowest BCUT2D eigenvalue weighted by Crippen LogP contribution is -2.01. The number of aromatic hydroxyl groups is 2. The molecular weight excluding hydrogens is 168 g/mol. The van der Waals surface area contributed by atoms with Crippen molar-refractivity contribution in [2.75, 3.05) is 14.1 Å². The third-order valence-corrected chi connectivity index (χ3v) is 1.44. The SMILES string of the molecule is CN(C)/N=C/c1ccc(O)cc1O. The fraction of sp³-hybridized carbons (Fsp3) is 0.222. The van der Waals surface area contributed by atoms with Gasteiger partial charge in [0.05, 0.1) is 6.21 Å². The summed E-state index contributed by atoms with van der Waals surface area (Å²) in [6.07, 6.45) is 1.52. The van der Waals surface area contributed by atoms with Crippen molar-refractivity contribution in [2.24, 2.45) is 5.10 Å². The Labute approximate surface area is 76.7 Å². The average Bonchev–Trinajstić information content (AvgIpc) is 2.02. The molecule has 4 heteroatoms. The molecule has 4 nitrogen and oxygen atoms in total. The Kier molecular flexibility index (Phi) is 2.74. The van der Waals surface area contributed by atoms with Crippen molar-refractivity contribution in [1.82, 2.24) is 5.01 Å². The molecule has 0 aromatic heterocycles. The van der Waals surface area contributed by atoms with E-state index in [2.05, 4.69) is 5.10 Å². The van der Waals surface area contributed by atoms with Crippen LogP contribution in [0, 0.1) is 0 Å². The Balaban J connectivity index is 2.90. The van der Waals surface area contributed by atoms with Gasteiger partial charge in [0.15, 0.2) is 0 Å². The summed E-state index contributed by atoms with van der Waals surface area (Å²) in [5.41, 5.74) is 0.575. The standard InChI is InChI=1S/C9H12N2O2/c1-11(2)10-6-7-3-4-8(12)5-9(7)13/h3-6,12-13H,1-2H3/b10-6+. The molecule has 0 aliphatic carbocycles. The van der Waals surface area contributed by atoms with Gasteiger partial charge >= 0.3 is 0 Å². The van der Waals surface area contributed by atoms with Crippen molar-refractivity contribution < 1.29 is 10.2 Å². The van der Waals surface area contributed by atoms with Crippen LogP contribution in [0.5, 0.6) is 11.5 Å². The van der Waals surface area contributed by atoms with Crippen molar-refractivity contribution in [1.29, 1.82) is 0 Å². The largest absolute Gasteiger partial charge is 0.508 e. The van der Waals surface area contributed by atoms with Gasteiger partial charge in [0.25, 0.3) is 0 Å². The first-order valence-corrected chi connectivity index (χ1v) is 3.83. The molecule has 2 N–H and O–H groups in total. The molecule has 0 radical (unpaired) electrons. The maximum Gasteiger partial charge on any atom is 0.128 e. The first kappa shape index (κ1) is 9.38. The normalized spacial score (nSPS) is 10.6. The first-order valence-electron chi connectivity index (χ1n) is 3.83. The van der Waals surface area contributed by atoms with Crippen LogP contribution >= 0.6 is 0 Å². The maximum atomic E-state index is 9.33. The number of benzene rings is 1. The van der Waals surface area contributed by atoms with E-state index in [-0.39, 0.29) is 11.5 Å². The highest BCUT2D eigenvalue weighted by Crippen LogP contribution is 2.20.